The molecule has 8 nitrogen and oxygen atoms in total. The lowest BCUT2D eigenvalue weighted by Crippen LogP contribution is -2.58. The van der Waals surface area contributed by atoms with E-state index >= 15 is 0 Å². The average Bonchev–Trinajstić information content (AvgIpc) is 2.99. The van der Waals surface area contributed by atoms with E-state index in [1.165, 1.54) is 0 Å². The average molecular weight is 671 g/mol. The summed E-state index contributed by atoms with van der Waals surface area (Å²) >= 11 is 0. The molecule has 0 aliphatic rings. The van der Waals surface area contributed by atoms with Gasteiger partial charge in [-0.05, 0) is 103 Å². The van der Waals surface area contributed by atoms with Crippen LogP contribution in [-0.2, 0) is 16.0 Å². The summed E-state index contributed by atoms with van der Waals surface area (Å²) in [5.41, 5.74) is 11.7. The summed E-state index contributed by atoms with van der Waals surface area (Å²) in [6.07, 6.45) is 4.21. The Morgan fingerprint density at radius 3 is 2.25 bits per heavy atom. The lowest BCUT2D eigenvalue weighted by Gasteiger charge is -2.42. The molecule has 0 aliphatic carbocycles. The summed E-state index contributed by atoms with van der Waals surface area (Å²) in [5, 5.41) is 0.684. The summed E-state index contributed by atoms with van der Waals surface area (Å²) in [5.74, 6) is -2.51. The van der Waals surface area contributed by atoms with Crippen LogP contribution in [0.15, 0.2) is 64.3 Å². The Kier molecular flexibility index (Phi) is 13.0. The van der Waals surface area contributed by atoms with Crippen molar-refractivity contribution in [2.24, 2.45) is 16.9 Å². The van der Waals surface area contributed by atoms with Crippen molar-refractivity contribution in [2.45, 2.75) is 103 Å². The van der Waals surface area contributed by atoms with Crippen LogP contribution < -0.4 is 26.6 Å². The van der Waals surface area contributed by atoms with E-state index in [9.17, 15) is 18.4 Å². The number of benzene rings is 2. The molecule has 10 heteroatoms. The molecule has 0 spiro atoms. The van der Waals surface area contributed by atoms with Gasteiger partial charge >= 0.3 is 11.6 Å². The second-order valence-electron chi connectivity index (χ2n) is 14.1. The van der Waals surface area contributed by atoms with Gasteiger partial charge in [-0.15, -0.1) is 6.58 Å². The van der Waals surface area contributed by atoms with Crippen molar-refractivity contribution >= 4 is 16.9 Å². The van der Waals surface area contributed by atoms with Crippen LogP contribution in [0.25, 0.3) is 22.1 Å². The fourth-order valence-corrected chi connectivity index (χ4v) is 5.71. The lowest BCUT2D eigenvalue weighted by molar-refractivity contribution is -0.161. The number of halogens is 2. The van der Waals surface area contributed by atoms with E-state index in [1.807, 2.05) is 24.3 Å². The number of aryl methyl sites for hydroxylation is 1. The molecule has 48 heavy (non-hydrogen) atoms. The molecular formula is C38H52F2N2O6. The van der Waals surface area contributed by atoms with Crippen molar-refractivity contribution in [1.29, 1.82) is 0 Å². The minimum absolute atomic E-state index is 0.00411. The third kappa shape index (κ3) is 10.6. The molecule has 0 amide bonds. The number of ether oxygens (including phenoxy) is 3. The highest BCUT2D eigenvalue weighted by Crippen LogP contribution is 2.38. The third-order valence-electron chi connectivity index (χ3n) is 8.69. The minimum Gasteiger partial charge on any atom is -0.496 e. The van der Waals surface area contributed by atoms with Gasteiger partial charge in [0.1, 0.15) is 17.1 Å². The second kappa shape index (κ2) is 16.1. The number of rotatable bonds is 19. The zero-order valence-electron chi connectivity index (χ0n) is 29.3. The first-order valence-electron chi connectivity index (χ1n) is 16.5. The van der Waals surface area contributed by atoms with Crippen molar-refractivity contribution in [3.8, 4) is 22.6 Å². The van der Waals surface area contributed by atoms with Crippen LogP contribution in [0.3, 0.4) is 0 Å². The Morgan fingerprint density at radius 2 is 1.62 bits per heavy atom. The Hall–Kier alpha value is -3.76. The first-order valence-corrected chi connectivity index (χ1v) is 16.5. The van der Waals surface area contributed by atoms with Crippen molar-refractivity contribution < 1.29 is 32.2 Å². The van der Waals surface area contributed by atoms with Gasteiger partial charge in [0.15, 0.2) is 0 Å². The molecular weight excluding hydrogens is 618 g/mol. The minimum atomic E-state index is -2.96. The van der Waals surface area contributed by atoms with Crippen LogP contribution in [0.5, 0.6) is 11.5 Å². The van der Waals surface area contributed by atoms with E-state index in [0.29, 0.717) is 33.6 Å². The van der Waals surface area contributed by atoms with Gasteiger partial charge < -0.3 is 30.1 Å². The number of methoxy groups -OCH3 is 1. The molecule has 0 saturated heterocycles. The first kappa shape index (κ1) is 38.7. The van der Waals surface area contributed by atoms with E-state index in [0.717, 1.165) is 24.8 Å². The van der Waals surface area contributed by atoms with Crippen molar-refractivity contribution in [2.75, 3.05) is 20.3 Å². The number of fused-ring (bicyclic) bond motifs is 1. The van der Waals surface area contributed by atoms with Crippen LogP contribution in [0, 0.1) is 5.41 Å². The molecule has 3 rings (SSSR count). The predicted octanol–water partition coefficient (Wildman–Crippen LogP) is 7.97. The number of hydrogen-bond acceptors (Lipinski definition) is 8. The first-order chi connectivity index (χ1) is 22.4. The van der Waals surface area contributed by atoms with Crippen LogP contribution in [0.1, 0.15) is 85.1 Å². The number of carbonyl (C=O) groups excluding carboxylic acids is 1. The summed E-state index contributed by atoms with van der Waals surface area (Å²) in [4.78, 5) is 25.9. The number of allylic oxidation sites excluding steroid dienone is 1. The second-order valence-corrected chi connectivity index (χ2v) is 14.1. The van der Waals surface area contributed by atoms with Crippen LogP contribution in [-0.4, -0.2) is 43.3 Å². The molecule has 264 valence electrons. The lowest BCUT2D eigenvalue weighted by atomic mass is 9.67. The zero-order chi connectivity index (χ0) is 35.8. The Labute approximate surface area is 282 Å². The number of carbonyl (C=O) groups is 1. The number of nitrogens with two attached hydrogens (primary N) is 2. The molecule has 1 atom stereocenters. The fraction of sp³-hybridized carbons (Fsp3) is 0.526. The maximum absolute atomic E-state index is 14.6. The Balaban J connectivity index is 1.53. The van der Waals surface area contributed by atoms with E-state index in [-0.39, 0.29) is 32.5 Å². The highest BCUT2D eigenvalue weighted by molar-refractivity contribution is 5.84. The van der Waals surface area contributed by atoms with Gasteiger partial charge in [-0.1, -0.05) is 18.2 Å². The normalized spacial score (nSPS) is 13.6. The van der Waals surface area contributed by atoms with Gasteiger partial charge in [-0.2, -0.15) is 0 Å². The van der Waals surface area contributed by atoms with Gasteiger partial charge in [-0.25, -0.2) is 13.6 Å². The van der Waals surface area contributed by atoms with Crippen molar-refractivity contribution in [3.63, 3.8) is 0 Å². The predicted molar refractivity (Wildman–Crippen MR) is 187 cm³/mol. The van der Waals surface area contributed by atoms with E-state index < -0.39 is 46.9 Å². The maximum Gasteiger partial charge on any atom is 0.344 e. The topological polar surface area (TPSA) is 127 Å². The van der Waals surface area contributed by atoms with Crippen molar-refractivity contribution in [3.05, 3.63) is 71.1 Å². The molecule has 0 bridgehead atoms. The van der Waals surface area contributed by atoms with Gasteiger partial charge in [-0.3, -0.25) is 4.79 Å². The summed E-state index contributed by atoms with van der Waals surface area (Å²) in [6.45, 7) is 12.4. The monoisotopic (exact) mass is 670 g/mol. The summed E-state index contributed by atoms with van der Waals surface area (Å²) in [7, 11) is 1.57. The van der Waals surface area contributed by atoms with E-state index in [2.05, 4.69) is 6.58 Å². The molecule has 4 N–H and O–H groups in total. The number of esters is 1. The Morgan fingerprint density at radius 1 is 0.938 bits per heavy atom. The number of hydrogen-bond donors (Lipinski definition) is 2. The Bertz CT molecular complexity index is 1610. The molecule has 1 unspecified atom stereocenters. The molecule has 0 aliphatic heterocycles. The highest BCUT2D eigenvalue weighted by atomic mass is 19.3. The van der Waals surface area contributed by atoms with Gasteiger partial charge in [0.25, 0.3) is 0 Å². The number of unbranched alkanes of at least 4 members (excludes halogenated alkanes) is 1. The molecule has 1 heterocycles. The number of alkyl halides is 2. The molecule has 3 aromatic rings. The zero-order valence-corrected chi connectivity index (χ0v) is 29.3. The van der Waals surface area contributed by atoms with Crippen LogP contribution in [0.4, 0.5) is 8.78 Å². The largest absolute Gasteiger partial charge is 0.496 e. The van der Waals surface area contributed by atoms with Gasteiger partial charge in [0, 0.05) is 40.9 Å². The van der Waals surface area contributed by atoms with Gasteiger partial charge in [0.05, 0.1) is 31.3 Å². The fourth-order valence-electron chi connectivity index (χ4n) is 5.71. The van der Waals surface area contributed by atoms with Gasteiger partial charge in [0.2, 0.25) is 5.92 Å². The molecule has 1 aromatic heterocycles. The molecule has 2 aromatic carbocycles. The summed E-state index contributed by atoms with van der Waals surface area (Å²) < 4.78 is 51.5. The van der Waals surface area contributed by atoms with Crippen molar-refractivity contribution in [1.82, 2.24) is 0 Å². The third-order valence-corrected chi connectivity index (χ3v) is 8.69. The van der Waals surface area contributed by atoms with Crippen LogP contribution >= 0.6 is 0 Å². The standard InChI is InChI=1S/C38H52F2N2O6/c1-8-9-10-13-26-14-17-29(32(22-26)45-7)30-23-27-15-16-28(24-31(27)48-33(30)43)46-20-11-18-38(39,40)19-12-21-47-34(44)37(6,36(4,5)42)25-35(2,3)41/h8,14-17,22-24H,1,9-13,18-21,25,41-42H2,2-7H3. The van der Waals surface area contributed by atoms with E-state index in [4.69, 9.17) is 30.1 Å². The maximum atomic E-state index is 14.6. The van der Waals surface area contributed by atoms with Crippen LogP contribution in [0.2, 0.25) is 0 Å². The quantitative estimate of drug-likeness (QED) is 0.0569. The SMILES string of the molecule is C=CCCCc1ccc(-c2cc3ccc(OCCCC(F)(F)CCCOC(=O)C(C)(CC(C)(C)N)C(C)(C)N)cc3oc2=O)c(OC)c1. The summed E-state index contributed by atoms with van der Waals surface area (Å²) in [6, 6.07) is 12.6. The molecule has 0 radical (unpaired) electrons. The highest BCUT2D eigenvalue weighted by Gasteiger charge is 2.48. The molecule has 0 fully saturated rings. The molecule has 0 saturated carbocycles. The van der Waals surface area contributed by atoms with E-state index in [1.54, 1.807) is 66.0 Å². The smallest absolute Gasteiger partial charge is 0.344 e.